The summed E-state index contributed by atoms with van der Waals surface area (Å²) >= 11 is 2.06. The molecule has 0 aliphatic heterocycles. The fourth-order valence-corrected chi connectivity index (χ4v) is 1.56. The first kappa shape index (κ1) is 11.3. The maximum Gasteiger partial charge on any atom is 0.161 e. The second-order valence-electron chi connectivity index (χ2n) is 3.39. The maximum atomic E-state index is 13.1. The third kappa shape index (κ3) is 2.13. The van der Waals surface area contributed by atoms with E-state index < -0.39 is 0 Å². The molecule has 16 heavy (non-hydrogen) atoms. The van der Waals surface area contributed by atoms with Crippen molar-refractivity contribution < 1.29 is 4.39 Å². The van der Waals surface area contributed by atoms with Crippen LogP contribution < -0.4 is 5.73 Å². The van der Waals surface area contributed by atoms with Crippen molar-refractivity contribution in [1.29, 1.82) is 0 Å². The molecule has 0 bridgehead atoms. The Bertz CT molecular complexity index is 493. The Kier molecular flexibility index (Phi) is 3.04. The topological polar surface area (TPSA) is 51.8 Å². The molecule has 0 spiro atoms. The lowest BCUT2D eigenvalue weighted by Crippen LogP contribution is -1.98. The SMILES string of the molecule is Cc1cc(-c2ncc(I)c(N)n2)ccc1F. The van der Waals surface area contributed by atoms with E-state index in [1.54, 1.807) is 25.3 Å². The highest BCUT2D eigenvalue weighted by molar-refractivity contribution is 14.1. The largest absolute Gasteiger partial charge is 0.383 e. The second kappa shape index (κ2) is 4.32. The van der Waals surface area contributed by atoms with Crippen LogP contribution >= 0.6 is 22.6 Å². The molecule has 82 valence electrons. The van der Waals surface area contributed by atoms with E-state index in [9.17, 15) is 4.39 Å². The lowest BCUT2D eigenvalue weighted by molar-refractivity contribution is 0.618. The summed E-state index contributed by atoms with van der Waals surface area (Å²) in [6.45, 7) is 1.70. The molecule has 1 aromatic heterocycles. The number of anilines is 1. The zero-order valence-corrected chi connectivity index (χ0v) is 10.7. The number of hydrogen-bond acceptors (Lipinski definition) is 3. The van der Waals surface area contributed by atoms with E-state index in [0.29, 0.717) is 17.2 Å². The van der Waals surface area contributed by atoms with Gasteiger partial charge in [0.15, 0.2) is 5.82 Å². The second-order valence-corrected chi connectivity index (χ2v) is 4.55. The van der Waals surface area contributed by atoms with Gasteiger partial charge in [-0.15, -0.1) is 0 Å². The van der Waals surface area contributed by atoms with Gasteiger partial charge in [0.1, 0.15) is 11.6 Å². The molecule has 1 aromatic carbocycles. The van der Waals surface area contributed by atoms with Crippen molar-refractivity contribution in [2.24, 2.45) is 0 Å². The minimum Gasteiger partial charge on any atom is -0.383 e. The first-order valence-electron chi connectivity index (χ1n) is 4.62. The number of aromatic nitrogens is 2. The van der Waals surface area contributed by atoms with Crippen LogP contribution in [-0.2, 0) is 0 Å². The van der Waals surface area contributed by atoms with Gasteiger partial charge in [0, 0.05) is 11.8 Å². The van der Waals surface area contributed by atoms with E-state index in [4.69, 9.17) is 5.73 Å². The third-order valence-corrected chi connectivity index (χ3v) is 3.02. The van der Waals surface area contributed by atoms with Crippen LogP contribution in [0, 0.1) is 16.3 Å². The average molecular weight is 329 g/mol. The number of aryl methyl sites for hydroxylation is 1. The van der Waals surface area contributed by atoms with Crippen LogP contribution in [0.5, 0.6) is 0 Å². The summed E-state index contributed by atoms with van der Waals surface area (Å²) in [5.41, 5.74) is 7.03. The minimum atomic E-state index is -0.234. The maximum absolute atomic E-state index is 13.1. The van der Waals surface area contributed by atoms with Gasteiger partial charge < -0.3 is 5.73 Å². The van der Waals surface area contributed by atoms with E-state index in [1.165, 1.54) is 6.07 Å². The monoisotopic (exact) mass is 329 g/mol. The van der Waals surface area contributed by atoms with Crippen molar-refractivity contribution in [3.8, 4) is 11.4 Å². The summed E-state index contributed by atoms with van der Waals surface area (Å²) in [6.07, 6.45) is 1.65. The van der Waals surface area contributed by atoms with Gasteiger partial charge in [-0.1, -0.05) is 0 Å². The zero-order valence-electron chi connectivity index (χ0n) is 8.54. The van der Waals surface area contributed by atoms with Crippen molar-refractivity contribution in [2.45, 2.75) is 6.92 Å². The molecule has 5 heteroatoms. The standard InChI is InChI=1S/C11H9FIN3/c1-6-4-7(2-3-8(6)12)11-15-5-9(13)10(14)16-11/h2-5H,1H3,(H2,14,15,16). The van der Waals surface area contributed by atoms with Gasteiger partial charge in [-0.25, -0.2) is 14.4 Å². The summed E-state index contributed by atoms with van der Waals surface area (Å²) in [7, 11) is 0. The fourth-order valence-electron chi connectivity index (χ4n) is 1.30. The molecule has 3 nitrogen and oxygen atoms in total. The fraction of sp³-hybridized carbons (Fsp3) is 0.0909. The van der Waals surface area contributed by atoms with Gasteiger partial charge >= 0.3 is 0 Å². The van der Waals surface area contributed by atoms with Crippen molar-refractivity contribution in [1.82, 2.24) is 9.97 Å². The van der Waals surface area contributed by atoms with E-state index in [1.807, 2.05) is 0 Å². The Hall–Kier alpha value is -1.24. The molecule has 0 fully saturated rings. The third-order valence-electron chi connectivity index (χ3n) is 2.19. The number of hydrogen-bond donors (Lipinski definition) is 1. The van der Waals surface area contributed by atoms with Crippen LogP contribution in [0.25, 0.3) is 11.4 Å². The molecule has 0 unspecified atom stereocenters. The summed E-state index contributed by atoms with van der Waals surface area (Å²) in [4.78, 5) is 8.31. The Balaban J connectivity index is 2.50. The molecule has 2 aromatic rings. The Morgan fingerprint density at radius 1 is 1.38 bits per heavy atom. The van der Waals surface area contributed by atoms with Gasteiger partial charge in [-0.05, 0) is 53.3 Å². The summed E-state index contributed by atoms with van der Waals surface area (Å²) in [5, 5.41) is 0. The molecule has 0 amide bonds. The molecule has 2 rings (SSSR count). The molecule has 1 heterocycles. The molecule has 0 saturated carbocycles. The average Bonchev–Trinajstić information content (AvgIpc) is 2.26. The summed E-state index contributed by atoms with van der Waals surface area (Å²) in [5.74, 6) is 0.718. The van der Waals surface area contributed by atoms with Gasteiger partial charge in [-0.3, -0.25) is 0 Å². The van der Waals surface area contributed by atoms with Crippen LogP contribution in [0.4, 0.5) is 10.2 Å². The van der Waals surface area contributed by atoms with Gasteiger partial charge in [0.2, 0.25) is 0 Å². The van der Waals surface area contributed by atoms with Crippen LogP contribution in [0.1, 0.15) is 5.56 Å². The zero-order chi connectivity index (χ0) is 11.7. The van der Waals surface area contributed by atoms with E-state index >= 15 is 0 Å². The first-order valence-corrected chi connectivity index (χ1v) is 5.70. The van der Waals surface area contributed by atoms with Crippen molar-refractivity contribution >= 4 is 28.4 Å². The quantitative estimate of drug-likeness (QED) is 0.819. The highest BCUT2D eigenvalue weighted by atomic mass is 127. The van der Waals surface area contributed by atoms with E-state index in [2.05, 4.69) is 32.6 Å². The van der Waals surface area contributed by atoms with Crippen LogP contribution in [0.3, 0.4) is 0 Å². The predicted octanol–water partition coefficient (Wildman–Crippen LogP) is 2.78. The van der Waals surface area contributed by atoms with E-state index in [-0.39, 0.29) is 5.82 Å². The molecular formula is C11H9FIN3. The number of nitrogens with two attached hydrogens (primary N) is 1. The molecule has 0 saturated heterocycles. The summed E-state index contributed by atoms with van der Waals surface area (Å²) < 4.78 is 13.9. The lowest BCUT2D eigenvalue weighted by atomic mass is 10.1. The van der Waals surface area contributed by atoms with Crippen molar-refractivity contribution in [3.63, 3.8) is 0 Å². The Morgan fingerprint density at radius 2 is 2.12 bits per heavy atom. The van der Waals surface area contributed by atoms with Crippen LogP contribution in [0.15, 0.2) is 24.4 Å². The summed E-state index contributed by atoms with van der Waals surface area (Å²) in [6, 6.07) is 4.75. The highest BCUT2D eigenvalue weighted by Crippen LogP contribution is 2.20. The normalized spacial score (nSPS) is 10.4. The van der Waals surface area contributed by atoms with Gasteiger partial charge in [0.25, 0.3) is 0 Å². The first-order chi connectivity index (χ1) is 7.58. The van der Waals surface area contributed by atoms with Gasteiger partial charge in [0.05, 0.1) is 3.57 Å². The molecule has 0 aliphatic rings. The predicted molar refractivity (Wildman–Crippen MR) is 69.3 cm³/mol. The smallest absolute Gasteiger partial charge is 0.161 e. The van der Waals surface area contributed by atoms with Crippen molar-refractivity contribution in [2.75, 3.05) is 5.73 Å². The molecule has 0 aliphatic carbocycles. The number of rotatable bonds is 1. The van der Waals surface area contributed by atoms with Crippen LogP contribution in [0.2, 0.25) is 0 Å². The Morgan fingerprint density at radius 3 is 2.75 bits per heavy atom. The molecule has 0 atom stereocenters. The number of nitrogen functional groups attached to an aromatic ring is 1. The van der Waals surface area contributed by atoms with E-state index in [0.717, 1.165) is 9.13 Å². The molecular weight excluding hydrogens is 320 g/mol. The molecule has 0 radical (unpaired) electrons. The lowest BCUT2D eigenvalue weighted by Gasteiger charge is -2.04. The Labute approximate surface area is 106 Å². The number of nitrogens with zero attached hydrogens (tertiary/aromatic N) is 2. The van der Waals surface area contributed by atoms with Crippen LogP contribution in [-0.4, -0.2) is 9.97 Å². The number of halogens is 2. The number of benzene rings is 1. The van der Waals surface area contributed by atoms with Crippen molar-refractivity contribution in [3.05, 3.63) is 39.3 Å². The highest BCUT2D eigenvalue weighted by Gasteiger charge is 2.06. The molecule has 2 N–H and O–H groups in total. The minimum absolute atomic E-state index is 0.234. The van der Waals surface area contributed by atoms with Gasteiger partial charge in [-0.2, -0.15) is 0 Å².